The molecule has 0 aromatic heterocycles. The average molecular weight is 492 g/mol. The Morgan fingerprint density at radius 2 is 1.44 bits per heavy atom. The van der Waals surface area contributed by atoms with E-state index >= 15 is 0 Å². The van der Waals surface area contributed by atoms with Crippen LogP contribution in [-0.4, -0.2) is 28.3 Å². The largest absolute Gasteiger partial charge is 0.369 e. The summed E-state index contributed by atoms with van der Waals surface area (Å²) in [7, 11) is 0. The zero-order valence-electron chi connectivity index (χ0n) is 19.8. The predicted octanol–water partition coefficient (Wildman–Crippen LogP) is 3.62. The fourth-order valence-corrected chi connectivity index (χ4v) is 4.10. The Kier molecular flexibility index (Phi) is 7.28. The van der Waals surface area contributed by atoms with E-state index in [0.717, 1.165) is 22.8 Å². The number of nitrogens with zero attached hydrogens (tertiary/aromatic N) is 2. The lowest BCUT2D eigenvalue weighted by Crippen LogP contribution is -2.43. The fraction of sp³-hybridized carbons (Fsp3) is 0.222. The summed E-state index contributed by atoms with van der Waals surface area (Å²) in [5.74, 6) is -1.71. The lowest BCUT2D eigenvalue weighted by atomic mass is 9.92. The average Bonchev–Trinajstić information content (AvgIpc) is 3.04. The van der Waals surface area contributed by atoms with Gasteiger partial charge in [-0.05, 0) is 41.3 Å². The normalized spacial score (nSPS) is 17.1. The van der Waals surface area contributed by atoms with Gasteiger partial charge in [-0.1, -0.05) is 54.6 Å². The topological polar surface area (TPSA) is 99.8 Å². The van der Waals surface area contributed by atoms with Crippen molar-refractivity contribution in [1.29, 1.82) is 0 Å². The third-order valence-corrected chi connectivity index (χ3v) is 5.93. The Balaban J connectivity index is 1.31. The van der Waals surface area contributed by atoms with E-state index in [1.807, 2.05) is 54.6 Å². The van der Waals surface area contributed by atoms with E-state index in [-0.39, 0.29) is 30.9 Å². The molecule has 0 radical (unpaired) electrons. The van der Waals surface area contributed by atoms with Gasteiger partial charge >= 0.3 is 6.03 Å². The summed E-state index contributed by atoms with van der Waals surface area (Å²) in [5.41, 5.74) is 7.84. The van der Waals surface area contributed by atoms with E-state index in [0.29, 0.717) is 18.7 Å². The van der Waals surface area contributed by atoms with Crippen LogP contribution in [0.4, 0.5) is 13.6 Å². The molecule has 0 saturated heterocycles. The number of nitrogens with two attached hydrogens (primary N) is 1. The molecule has 1 atom stereocenters. The molecule has 9 heteroatoms. The number of nitrogens with one attached hydrogen (secondary N) is 2. The zero-order valence-corrected chi connectivity index (χ0v) is 19.8. The minimum atomic E-state index is -1.25. The zero-order chi connectivity index (χ0) is 25.7. The number of urea groups is 1. The molecule has 1 aliphatic rings. The molecule has 36 heavy (non-hydrogen) atoms. The maximum atomic E-state index is 13.6. The Morgan fingerprint density at radius 1 is 0.889 bits per heavy atom. The SMILES string of the molecule is C[C@]1(Cc2cc(F)cc(F)c2)N=C(N)N(Cc2ccc(CNC(=O)NCc3ccccc3)cc2)C1=O. The van der Waals surface area contributed by atoms with Gasteiger partial charge < -0.3 is 16.4 Å². The van der Waals surface area contributed by atoms with Gasteiger partial charge in [-0.2, -0.15) is 0 Å². The molecule has 0 bridgehead atoms. The van der Waals surface area contributed by atoms with E-state index in [1.165, 1.54) is 17.0 Å². The maximum Gasteiger partial charge on any atom is 0.315 e. The number of rotatable bonds is 8. The third kappa shape index (κ3) is 6.04. The number of amides is 3. The second-order valence-corrected chi connectivity index (χ2v) is 8.93. The molecule has 3 amide bonds. The number of carbonyl (C=O) groups is 2. The summed E-state index contributed by atoms with van der Waals surface area (Å²) < 4.78 is 27.2. The molecule has 0 fully saturated rings. The van der Waals surface area contributed by atoms with Crippen LogP contribution >= 0.6 is 0 Å². The molecule has 1 heterocycles. The van der Waals surface area contributed by atoms with Gasteiger partial charge in [0.05, 0.1) is 6.54 Å². The molecule has 4 N–H and O–H groups in total. The number of aliphatic imine (C=N–C) groups is 1. The van der Waals surface area contributed by atoms with Crippen molar-refractivity contribution in [3.05, 3.63) is 107 Å². The summed E-state index contributed by atoms with van der Waals surface area (Å²) in [6.45, 7) is 2.58. The highest BCUT2D eigenvalue weighted by Crippen LogP contribution is 2.28. The van der Waals surface area contributed by atoms with Crippen LogP contribution in [0.2, 0.25) is 0 Å². The highest BCUT2D eigenvalue weighted by molar-refractivity contribution is 6.06. The van der Waals surface area contributed by atoms with Crippen molar-refractivity contribution < 1.29 is 18.4 Å². The number of benzene rings is 3. The number of guanidine groups is 1. The molecule has 7 nitrogen and oxygen atoms in total. The summed E-state index contributed by atoms with van der Waals surface area (Å²) >= 11 is 0. The van der Waals surface area contributed by atoms with Crippen LogP contribution < -0.4 is 16.4 Å². The van der Waals surface area contributed by atoms with Gasteiger partial charge in [0.2, 0.25) is 0 Å². The van der Waals surface area contributed by atoms with Crippen molar-refractivity contribution in [2.75, 3.05) is 0 Å². The maximum absolute atomic E-state index is 13.6. The molecular weight excluding hydrogens is 464 g/mol. The lowest BCUT2D eigenvalue weighted by Gasteiger charge is -2.22. The van der Waals surface area contributed by atoms with E-state index in [9.17, 15) is 18.4 Å². The minimum absolute atomic E-state index is 0.0225. The van der Waals surface area contributed by atoms with Crippen LogP contribution in [0.15, 0.2) is 77.8 Å². The van der Waals surface area contributed by atoms with Gasteiger partial charge in [-0.3, -0.25) is 9.69 Å². The van der Waals surface area contributed by atoms with Crippen LogP contribution in [0.3, 0.4) is 0 Å². The number of hydrogen-bond donors (Lipinski definition) is 3. The van der Waals surface area contributed by atoms with Crippen molar-refractivity contribution in [1.82, 2.24) is 15.5 Å². The first-order valence-corrected chi connectivity index (χ1v) is 11.5. The van der Waals surface area contributed by atoms with Gasteiger partial charge in [-0.15, -0.1) is 0 Å². The van der Waals surface area contributed by atoms with Crippen LogP contribution in [0.5, 0.6) is 0 Å². The van der Waals surface area contributed by atoms with E-state index in [4.69, 9.17) is 5.73 Å². The van der Waals surface area contributed by atoms with Crippen LogP contribution in [0.25, 0.3) is 0 Å². The number of hydrogen-bond acceptors (Lipinski definition) is 4. The standard InChI is InChI=1S/C27H27F2N5O2/c1-27(14-21-11-22(28)13-23(29)12-21)24(35)34(25(30)33-27)17-20-9-7-19(8-10-20)16-32-26(36)31-15-18-5-3-2-4-6-18/h2-13H,14-17H2,1H3,(H2,30,33)(H2,31,32,36)/t27-/m1/s1. The number of halogens is 2. The van der Waals surface area contributed by atoms with Gasteiger partial charge in [0.15, 0.2) is 5.96 Å². The minimum Gasteiger partial charge on any atom is -0.369 e. The third-order valence-electron chi connectivity index (χ3n) is 5.93. The number of carbonyl (C=O) groups excluding carboxylic acids is 2. The molecule has 4 rings (SSSR count). The fourth-order valence-electron chi connectivity index (χ4n) is 4.10. The van der Waals surface area contributed by atoms with Gasteiger partial charge in [-0.25, -0.2) is 18.6 Å². The van der Waals surface area contributed by atoms with Gasteiger partial charge in [0, 0.05) is 25.6 Å². The second kappa shape index (κ2) is 10.6. The van der Waals surface area contributed by atoms with Gasteiger partial charge in [0.25, 0.3) is 5.91 Å². The van der Waals surface area contributed by atoms with Crippen molar-refractivity contribution in [3.8, 4) is 0 Å². The van der Waals surface area contributed by atoms with Crippen LogP contribution in [-0.2, 0) is 30.8 Å². The molecule has 0 unspecified atom stereocenters. The highest BCUT2D eigenvalue weighted by atomic mass is 19.1. The Bertz CT molecular complexity index is 1260. The molecule has 0 saturated carbocycles. The molecule has 0 spiro atoms. The molecule has 186 valence electrons. The van der Waals surface area contributed by atoms with Crippen molar-refractivity contribution in [2.45, 2.75) is 38.5 Å². The highest BCUT2D eigenvalue weighted by Gasteiger charge is 2.44. The molecular formula is C27H27F2N5O2. The Hall–Kier alpha value is -4.27. The molecule has 1 aliphatic heterocycles. The quantitative estimate of drug-likeness (QED) is 0.449. The van der Waals surface area contributed by atoms with Crippen molar-refractivity contribution in [2.24, 2.45) is 10.7 Å². The summed E-state index contributed by atoms with van der Waals surface area (Å²) in [6.07, 6.45) is 0.0225. The Morgan fingerprint density at radius 3 is 2.06 bits per heavy atom. The monoisotopic (exact) mass is 491 g/mol. The van der Waals surface area contributed by atoms with Crippen molar-refractivity contribution in [3.63, 3.8) is 0 Å². The van der Waals surface area contributed by atoms with E-state index in [2.05, 4.69) is 15.6 Å². The van der Waals surface area contributed by atoms with E-state index in [1.54, 1.807) is 6.92 Å². The Labute approximate surface area is 208 Å². The summed E-state index contributed by atoms with van der Waals surface area (Å²) in [4.78, 5) is 30.8. The lowest BCUT2D eigenvalue weighted by molar-refractivity contribution is -0.131. The van der Waals surface area contributed by atoms with Crippen molar-refractivity contribution >= 4 is 17.9 Å². The first-order valence-electron chi connectivity index (χ1n) is 11.5. The summed E-state index contributed by atoms with van der Waals surface area (Å²) in [6, 6.07) is 19.9. The van der Waals surface area contributed by atoms with Crippen LogP contribution in [0.1, 0.15) is 29.2 Å². The smallest absolute Gasteiger partial charge is 0.315 e. The first-order chi connectivity index (χ1) is 17.2. The molecule has 3 aromatic rings. The predicted molar refractivity (Wildman–Crippen MR) is 133 cm³/mol. The van der Waals surface area contributed by atoms with Gasteiger partial charge in [0.1, 0.15) is 17.2 Å². The molecule has 3 aromatic carbocycles. The second-order valence-electron chi connectivity index (χ2n) is 8.93. The molecule has 0 aliphatic carbocycles. The first kappa shape index (κ1) is 24.8. The van der Waals surface area contributed by atoms with Crippen LogP contribution in [0, 0.1) is 11.6 Å². The summed E-state index contributed by atoms with van der Waals surface area (Å²) in [5, 5.41) is 5.62. The van der Waals surface area contributed by atoms with E-state index < -0.39 is 17.2 Å².